The van der Waals surface area contributed by atoms with E-state index in [1.54, 1.807) is 12.3 Å². The van der Waals surface area contributed by atoms with Crippen molar-refractivity contribution in [2.45, 2.75) is 12.8 Å². The second-order valence-electron chi connectivity index (χ2n) is 6.71. The number of hydrogen-bond donors (Lipinski definition) is 3. The van der Waals surface area contributed by atoms with Crippen molar-refractivity contribution in [3.05, 3.63) is 54.0 Å². The monoisotopic (exact) mass is 351 g/mol. The number of aromatic amines is 2. The minimum atomic E-state index is -0.161. The van der Waals surface area contributed by atoms with Crippen LogP contribution < -0.4 is 5.32 Å². The minimum absolute atomic E-state index is 0.136. The Labute approximate surface area is 150 Å². The quantitative estimate of drug-likeness (QED) is 0.653. The Morgan fingerprint density at radius 2 is 2.15 bits per heavy atom. The van der Waals surface area contributed by atoms with Gasteiger partial charge in [-0.25, -0.2) is 0 Å². The Morgan fingerprint density at radius 3 is 3.00 bits per heavy atom. The molecule has 0 spiro atoms. The fourth-order valence-corrected chi connectivity index (χ4v) is 3.49. The fourth-order valence-electron chi connectivity index (χ4n) is 3.49. The molecule has 0 bridgehead atoms. The molecule has 7 nitrogen and oxygen atoms in total. The molecule has 1 aliphatic rings. The summed E-state index contributed by atoms with van der Waals surface area (Å²) in [7, 11) is 0. The molecule has 1 aliphatic heterocycles. The van der Waals surface area contributed by atoms with Gasteiger partial charge >= 0.3 is 0 Å². The van der Waals surface area contributed by atoms with Crippen LogP contribution in [-0.4, -0.2) is 51.5 Å². The number of fused-ring (bicyclic) bond motifs is 1. The molecule has 1 saturated heterocycles. The molecule has 26 heavy (non-hydrogen) atoms. The van der Waals surface area contributed by atoms with Gasteiger partial charge in [0.05, 0.1) is 6.42 Å². The van der Waals surface area contributed by atoms with E-state index in [-0.39, 0.29) is 17.7 Å². The van der Waals surface area contributed by atoms with Crippen LogP contribution in [0.4, 0.5) is 0 Å². The molecule has 134 valence electrons. The lowest BCUT2D eigenvalue weighted by atomic mass is 10.1. The number of benzene rings is 1. The number of aromatic nitrogens is 3. The number of hydrogen-bond acceptors (Lipinski definition) is 3. The standard InChI is InChI=1S/C19H21N5O2/c25-18(9-14-11-20-16-4-2-1-3-15(14)16)24-8-6-13(12-24)10-21-19(26)17-5-7-22-23-17/h1-5,7,11,13,20H,6,8-10,12H2,(H,21,26)(H,22,23)/t13-/m1/s1. The van der Waals surface area contributed by atoms with Crippen molar-refractivity contribution in [3.63, 3.8) is 0 Å². The van der Waals surface area contributed by atoms with Crippen LogP contribution in [0.3, 0.4) is 0 Å². The molecule has 7 heteroatoms. The molecule has 1 atom stereocenters. The highest BCUT2D eigenvalue weighted by molar-refractivity contribution is 5.92. The van der Waals surface area contributed by atoms with Gasteiger partial charge < -0.3 is 15.2 Å². The summed E-state index contributed by atoms with van der Waals surface area (Å²) < 4.78 is 0. The van der Waals surface area contributed by atoms with E-state index in [1.165, 1.54) is 0 Å². The molecule has 0 aliphatic carbocycles. The molecule has 3 aromatic rings. The molecule has 0 unspecified atom stereocenters. The first-order chi connectivity index (χ1) is 12.7. The average molecular weight is 351 g/mol. The zero-order chi connectivity index (χ0) is 17.9. The maximum Gasteiger partial charge on any atom is 0.269 e. The van der Waals surface area contributed by atoms with Gasteiger partial charge in [0.15, 0.2) is 0 Å². The number of carbonyl (C=O) groups excluding carboxylic acids is 2. The Kier molecular flexibility index (Phi) is 4.43. The summed E-state index contributed by atoms with van der Waals surface area (Å²) in [5.74, 6) is 0.261. The molecule has 4 rings (SSSR count). The van der Waals surface area contributed by atoms with Crippen LogP contribution in [0.15, 0.2) is 42.7 Å². The predicted octanol–water partition coefficient (Wildman–Crippen LogP) is 1.71. The summed E-state index contributed by atoms with van der Waals surface area (Å²) in [6.45, 7) is 1.99. The van der Waals surface area contributed by atoms with Crippen LogP contribution >= 0.6 is 0 Å². The molecule has 1 aromatic carbocycles. The Bertz CT molecular complexity index is 915. The summed E-state index contributed by atoms with van der Waals surface area (Å²) >= 11 is 0. The second-order valence-corrected chi connectivity index (χ2v) is 6.71. The summed E-state index contributed by atoms with van der Waals surface area (Å²) in [4.78, 5) is 29.7. The lowest BCUT2D eigenvalue weighted by molar-refractivity contribution is -0.129. The summed E-state index contributed by atoms with van der Waals surface area (Å²) in [5, 5.41) is 10.4. The van der Waals surface area contributed by atoms with Gasteiger partial charge in [-0.15, -0.1) is 0 Å². The Morgan fingerprint density at radius 1 is 1.27 bits per heavy atom. The molecule has 3 heterocycles. The first kappa shape index (κ1) is 16.4. The number of amides is 2. The van der Waals surface area contributed by atoms with Crippen LogP contribution in [0, 0.1) is 5.92 Å². The maximum absolute atomic E-state index is 12.6. The van der Waals surface area contributed by atoms with Gasteiger partial charge in [0.25, 0.3) is 5.91 Å². The Hall–Kier alpha value is -3.09. The zero-order valence-electron chi connectivity index (χ0n) is 14.4. The predicted molar refractivity (Wildman–Crippen MR) is 97.6 cm³/mol. The van der Waals surface area contributed by atoms with Crippen molar-refractivity contribution in [3.8, 4) is 0 Å². The third-order valence-corrected chi connectivity index (χ3v) is 4.95. The number of rotatable bonds is 5. The molecular formula is C19H21N5O2. The highest BCUT2D eigenvalue weighted by Gasteiger charge is 2.27. The highest BCUT2D eigenvalue weighted by atomic mass is 16.2. The van der Waals surface area contributed by atoms with Crippen molar-refractivity contribution >= 4 is 22.7 Å². The van der Waals surface area contributed by atoms with Crippen LogP contribution in [0.2, 0.25) is 0 Å². The SMILES string of the molecule is O=C(NC[C@H]1CCN(C(=O)Cc2c[nH]c3ccccc23)C1)c1ccn[nH]1. The molecule has 3 N–H and O–H groups in total. The van der Waals surface area contributed by atoms with E-state index in [4.69, 9.17) is 0 Å². The third-order valence-electron chi connectivity index (χ3n) is 4.95. The van der Waals surface area contributed by atoms with E-state index in [0.717, 1.165) is 29.4 Å². The van der Waals surface area contributed by atoms with E-state index in [0.29, 0.717) is 25.2 Å². The van der Waals surface area contributed by atoms with Gasteiger partial charge in [-0.2, -0.15) is 5.10 Å². The normalized spacial score (nSPS) is 16.9. The van der Waals surface area contributed by atoms with Gasteiger partial charge in [-0.1, -0.05) is 18.2 Å². The maximum atomic E-state index is 12.6. The third kappa shape index (κ3) is 3.33. The van der Waals surface area contributed by atoms with Crippen LogP contribution in [-0.2, 0) is 11.2 Å². The smallest absolute Gasteiger partial charge is 0.269 e. The number of nitrogens with one attached hydrogen (secondary N) is 3. The van der Waals surface area contributed by atoms with E-state index >= 15 is 0 Å². The summed E-state index contributed by atoms with van der Waals surface area (Å²) in [6, 6.07) is 9.65. The van der Waals surface area contributed by atoms with Crippen molar-refractivity contribution in [2.24, 2.45) is 5.92 Å². The first-order valence-corrected chi connectivity index (χ1v) is 8.81. The van der Waals surface area contributed by atoms with Crippen molar-refractivity contribution in [2.75, 3.05) is 19.6 Å². The molecule has 1 fully saturated rings. The topological polar surface area (TPSA) is 93.9 Å². The number of carbonyl (C=O) groups is 2. The van der Waals surface area contributed by atoms with Gasteiger partial charge in [-0.05, 0) is 30.0 Å². The lowest BCUT2D eigenvalue weighted by Crippen LogP contribution is -2.33. The average Bonchev–Trinajstić information content (AvgIpc) is 3.40. The fraction of sp³-hybridized carbons (Fsp3) is 0.316. The number of para-hydroxylation sites is 1. The second kappa shape index (κ2) is 7.03. The van der Waals surface area contributed by atoms with E-state index < -0.39 is 0 Å². The van der Waals surface area contributed by atoms with Crippen molar-refractivity contribution in [1.82, 2.24) is 25.4 Å². The van der Waals surface area contributed by atoms with Gasteiger partial charge in [0, 0.05) is 42.9 Å². The van der Waals surface area contributed by atoms with E-state index in [1.807, 2.05) is 35.4 Å². The number of H-pyrrole nitrogens is 2. The first-order valence-electron chi connectivity index (χ1n) is 8.81. The number of nitrogens with zero attached hydrogens (tertiary/aromatic N) is 2. The molecular weight excluding hydrogens is 330 g/mol. The van der Waals surface area contributed by atoms with Crippen molar-refractivity contribution < 1.29 is 9.59 Å². The van der Waals surface area contributed by atoms with E-state index in [2.05, 4.69) is 20.5 Å². The largest absolute Gasteiger partial charge is 0.361 e. The summed E-state index contributed by atoms with van der Waals surface area (Å²) in [6.07, 6.45) is 4.77. The van der Waals surface area contributed by atoms with Crippen molar-refractivity contribution in [1.29, 1.82) is 0 Å². The van der Waals surface area contributed by atoms with Crippen LogP contribution in [0.25, 0.3) is 10.9 Å². The van der Waals surface area contributed by atoms with Gasteiger partial charge in [0.2, 0.25) is 5.91 Å². The van der Waals surface area contributed by atoms with Gasteiger partial charge in [0.1, 0.15) is 5.69 Å². The number of likely N-dealkylation sites (tertiary alicyclic amines) is 1. The molecule has 0 saturated carbocycles. The highest BCUT2D eigenvalue weighted by Crippen LogP contribution is 2.21. The van der Waals surface area contributed by atoms with Crippen LogP contribution in [0.5, 0.6) is 0 Å². The minimum Gasteiger partial charge on any atom is -0.361 e. The summed E-state index contributed by atoms with van der Waals surface area (Å²) in [5.41, 5.74) is 2.54. The zero-order valence-corrected chi connectivity index (χ0v) is 14.4. The molecule has 2 aromatic heterocycles. The van der Waals surface area contributed by atoms with E-state index in [9.17, 15) is 9.59 Å². The van der Waals surface area contributed by atoms with Crippen LogP contribution in [0.1, 0.15) is 22.5 Å². The lowest BCUT2D eigenvalue weighted by Gasteiger charge is -2.16. The Balaban J connectivity index is 1.30. The molecule has 0 radical (unpaired) electrons. The molecule has 2 amide bonds. The van der Waals surface area contributed by atoms with Gasteiger partial charge in [-0.3, -0.25) is 14.7 Å².